The third-order valence-corrected chi connectivity index (χ3v) is 3.16. The molecule has 0 aliphatic carbocycles. The van der Waals surface area contributed by atoms with Gasteiger partial charge in [-0.2, -0.15) is 0 Å². The van der Waals surface area contributed by atoms with Crippen LogP contribution in [0.25, 0.3) is 0 Å². The lowest BCUT2D eigenvalue weighted by molar-refractivity contribution is 0.550. The quantitative estimate of drug-likeness (QED) is 0.912. The lowest BCUT2D eigenvalue weighted by Gasteiger charge is -2.20. The van der Waals surface area contributed by atoms with Gasteiger partial charge in [-0.3, -0.25) is 0 Å². The number of nitrogens with one attached hydrogen (secondary N) is 1. The Bertz CT molecular complexity index is 614. The first-order chi connectivity index (χ1) is 9.99. The van der Waals surface area contributed by atoms with Gasteiger partial charge in [-0.1, -0.05) is 19.9 Å². The molecule has 1 aromatic heterocycles. The molecule has 3 nitrogen and oxygen atoms in total. The Morgan fingerprint density at radius 3 is 2.67 bits per heavy atom. The van der Waals surface area contributed by atoms with Crippen molar-refractivity contribution in [2.24, 2.45) is 0 Å². The molecule has 0 aliphatic rings. The molecule has 0 spiro atoms. The van der Waals surface area contributed by atoms with Gasteiger partial charge in [0, 0.05) is 37.1 Å². The summed E-state index contributed by atoms with van der Waals surface area (Å²) in [7, 11) is 1.67. The van der Waals surface area contributed by atoms with Crippen LogP contribution in [0.1, 0.15) is 19.4 Å². The van der Waals surface area contributed by atoms with Crippen molar-refractivity contribution >= 4 is 11.5 Å². The van der Waals surface area contributed by atoms with E-state index >= 15 is 0 Å². The van der Waals surface area contributed by atoms with E-state index in [2.05, 4.69) is 10.3 Å². The molecule has 112 valence electrons. The van der Waals surface area contributed by atoms with Crippen molar-refractivity contribution in [2.45, 2.75) is 26.4 Å². The first-order valence-corrected chi connectivity index (χ1v) is 6.85. The van der Waals surface area contributed by atoms with Crippen LogP contribution in [0, 0.1) is 11.6 Å². The van der Waals surface area contributed by atoms with Gasteiger partial charge in [0.2, 0.25) is 0 Å². The average molecular weight is 291 g/mol. The number of halogens is 2. The fraction of sp³-hybridized carbons (Fsp3) is 0.312. The van der Waals surface area contributed by atoms with Crippen LogP contribution in [0.2, 0.25) is 0 Å². The number of pyridine rings is 1. The van der Waals surface area contributed by atoms with Gasteiger partial charge in [0.1, 0.15) is 5.82 Å². The Balaban J connectivity index is 2.29. The highest BCUT2D eigenvalue weighted by Crippen LogP contribution is 2.26. The monoisotopic (exact) mass is 291 g/mol. The van der Waals surface area contributed by atoms with E-state index < -0.39 is 5.82 Å². The largest absolute Gasteiger partial charge is 0.327 e. The summed E-state index contributed by atoms with van der Waals surface area (Å²) in [6.07, 6.45) is 1.56. The molecule has 21 heavy (non-hydrogen) atoms. The summed E-state index contributed by atoms with van der Waals surface area (Å²) in [6.45, 7) is 4.42. The van der Waals surface area contributed by atoms with Gasteiger partial charge in [0.15, 0.2) is 11.6 Å². The fourth-order valence-corrected chi connectivity index (χ4v) is 1.96. The topological polar surface area (TPSA) is 28.2 Å². The fourth-order valence-electron chi connectivity index (χ4n) is 1.96. The van der Waals surface area contributed by atoms with Crippen LogP contribution < -0.4 is 10.2 Å². The lowest BCUT2D eigenvalue weighted by atomic mass is 10.2. The standard InChI is InChI=1S/C16H19F2N3/c1-11(2)20-10-12-7-8-19-16(15(12)18)21(3)14-6-4-5-13(17)9-14/h4-9,11,20H,10H2,1-3H3. The van der Waals surface area contributed by atoms with Gasteiger partial charge in [-0.15, -0.1) is 0 Å². The van der Waals surface area contributed by atoms with Gasteiger partial charge in [0.25, 0.3) is 0 Å². The van der Waals surface area contributed by atoms with Crippen molar-refractivity contribution in [2.75, 3.05) is 11.9 Å². The summed E-state index contributed by atoms with van der Waals surface area (Å²) in [5.74, 6) is -0.571. The lowest BCUT2D eigenvalue weighted by Crippen LogP contribution is -2.23. The minimum atomic E-state index is -0.391. The molecule has 0 atom stereocenters. The first kappa shape index (κ1) is 15.4. The highest BCUT2D eigenvalue weighted by Gasteiger charge is 2.15. The summed E-state index contributed by atoms with van der Waals surface area (Å²) >= 11 is 0. The minimum Gasteiger partial charge on any atom is -0.327 e. The van der Waals surface area contributed by atoms with Gasteiger partial charge in [-0.25, -0.2) is 13.8 Å². The zero-order valence-electron chi connectivity index (χ0n) is 12.4. The average Bonchev–Trinajstić information content (AvgIpc) is 2.45. The third-order valence-electron chi connectivity index (χ3n) is 3.16. The van der Waals surface area contributed by atoms with E-state index in [0.29, 0.717) is 17.8 Å². The molecule has 0 aliphatic heterocycles. The summed E-state index contributed by atoms with van der Waals surface area (Å²) in [5.41, 5.74) is 1.09. The molecule has 0 amide bonds. The number of nitrogens with zero attached hydrogens (tertiary/aromatic N) is 2. The molecule has 0 saturated heterocycles. The maximum Gasteiger partial charge on any atom is 0.170 e. The van der Waals surface area contributed by atoms with Crippen molar-refractivity contribution in [3.05, 3.63) is 53.7 Å². The van der Waals surface area contributed by atoms with Crippen LogP contribution in [0.5, 0.6) is 0 Å². The Labute approximate surface area is 123 Å². The molecular weight excluding hydrogens is 272 g/mol. The summed E-state index contributed by atoms with van der Waals surface area (Å²) in [4.78, 5) is 5.61. The molecule has 1 aromatic carbocycles. The maximum atomic E-state index is 14.5. The summed E-state index contributed by atoms with van der Waals surface area (Å²) in [5, 5.41) is 3.17. The van der Waals surface area contributed by atoms with Crippen molar-refractivity contribution in [3.63, 3.8) is 0 Å². The Kier molecular flexibility index (Phi) is 4.85. The van der Waals surface area contributed by atoms with E-state index in [1.54, 1.807) is 31.4 Å². The SMILES string of the molecule is CC(C)NCc1ccnc(N(C)c2cccc(F)c2)c1F. The normalized spacial score (nSPS) is 11.0. The molecule has 0 saturated carbocycles. The van der Waals surface area contributed by atoms with E-state index in [-0.39, 0.29) is 17.7 Å². The Morgan fingerprint density at radius 2 is 2.00 bits per heavy atom. The zero-order valence-corrected chi connectivity index (χ0v) is 12.4. The van der Waals surface area contributed by atoms with Crippen molar-refractivity contribution in [1.29, 1.82) is 0 Å². The van der Waals surface area contributed by atoms with Gasteiger partial charge in [0.05, 0.1) is 0 Å². The van der Waals surface area contributed by atoms with Crippen molar-refractivity contribution in [1.82, 2.24) is 10.3 Å². The second-order valence-electron chi connectivity index (χ2n) is 5.18. The molecule has 0 fully saturated rings. The van der Waals surface area contributed by atoms with Crippen LogP contribution in [-0.2, 0) is 6.54 Å². The number of hydrogen-bond acceptors (Lipinski definition) is 3. The predicted molar refractivity (Wildman–Crippen MR) is 80.6 cm³/mol. The molecule has 0 unspecified atom stereocenters. The minimum absolute atomic E-state index is 0.184. The second-order valence-corrected chi connectivity index (χ2v) is 5.18. The highest BCUT2D eigenvalue weighted by atomic mass is 19.1. The Hall–Kier alpha value is -2.01. The second kappa shape index (κ2) is 6.63. The predicted octanol–water partition coefficient (Wildman–Crippen LogP) is 3.63. The molecular formula is C16H19F2N3. The molecule has 1 heterocycles. The molecule has 1 N–H and O–H groups in total. The van der Waals surface area contributed by atoms with Crippen molar-refractivity contribution < 1.29 is 8.78 Å². The van der Waals surface area contributed by atoms with Crippen LogP contribution in [0.3, 0.4) is 0 Å². The van der Waals surface area contributed by atoms with Gasteiger partial charge in [-0.05, 0) is 24.3 Å². The van der Waals surface area contributed by atoms with Crippen LogP contribution in [-0.4, -0.2) is 18.1 Å². The van der Waals surface area contributed by atoms with E-state index in [1.165, 1.54) is 17.0 Å². The number of anilines is 2. The maximum absolute atomic E-state index is 14.5. The number of benzene rings is 1. The first-order valence-electron chi connectivity index (χ1n) is 6.85. The summed E-state index contributed by atoms with van der Waals surface area (Å²) in [6, 6.07) is 7.91. The molecule has 0 radical (unpaired) electrons. The number of rotatable bonds is 5. The highest BCUT2D eigenvalue weighted by molar-refractivity contribution is 5.60. The molecule has 0 bridgehead atoms. The third kappa shape index (κ3) is 3.76. The van der Waals surface area contributed by atoms with Crippen LogP contribution in [0.4, 0.5) is 20.3 Å². The van der Waals surface area contributed by atoms with Crippen LogP contribution in [0.15, 0.2) is 36.5 Å². The Morgan fingerprint density at radius 1 is 1.24 bits per heavy atom. The number of hydrogen-bond donors (Lipinski definition) is 1. The number of aromatic nitrogens is 1. The molecule has 2 aromatic rings. The van der Waals surface area contributed by atoms with E-state index in [9.17, 15) is 8.78 Å². The van der Waals surface area contributed by atoms with E-state index in [1.807, 2.05) is 13.8 Å². The summed E-state index contributed by atoms with van der Waals surface area (Å²) < 4.78 is 27.8. The van der Waals surface area contributed by atoms with E-state index in [0.717, 1.165) is 0 Å². The zero-order chi connectivity index (χ0) is 15.4. The van der Waals surface area contributed by atoms with Gasteiger partial charge < -0.3 is 10.2 Å². The smallest absolute Gasteiger partial charge is 0.170 e. The molecule has 2 rings (SSSR count). The van der Waals surface area contributed by atoms with Crippen molar-refractivity contribution in [3.8, 4) is 0 Å². The van der Waals surface area contributed by atoms with Crippen LogP contribution >= 0.6 is 0 Å². The molecule has 5 heteroatoms. The van der Waals surface area contributed by atoms with Gasteiger partial charge >= 0.3 is 0 Å². The van der Waals surface area contributed by atoms with E-state index in [4.69, 9.17) is 0 Å².